The van der Waals surface area contributed by atoms with Crippen molar-refractivity contribution >= 4 is 70.8 Å². The van der Waals surface area contributed by atoms with Crippen molar-refractivity contribution in [3.05, 3.63) is 108 Å². The lowest BCUT2D eigenvalue weighted by atomic mass is 9.96. The van der Waals surface area contributed by atoms with Gasteiger partial charge < -0.3 is 29.5 Å². The number of H-pyrrole nitrogens is 2. The molecule has 0 radical (unpaired) electrons. The fraction of sp³-hybridized carbons (Fsp3) is 0.326. The number of amides is 1. The summed E-state index contributed by atoms with van der Waals surface area (Å²) in [7, 11) is 0. The lowest BCUT2D eigenvalue weighted by Crippen LogP contribution is -2.50. The number of fused-ring (bicyclic) bond motifs is 8. The topological polar surface area (TPSA) is 121 Å². The minimum atomic E-state index is 0.0496. The van der Waals surface area contributed by atoms with Crippen molar-refractivity contribution < 1.29 is 19.0 Å². The maximum absolute atomic E-state index is 13.6. The second-order valence-corrected chi connectivity index (χ2v) is 18.7. The van der Waals surface area contributed by atoms with Crippen LogP contribution >= 0.6 is 22.7 Å². The van der Waals surface area contributed by atoms with Gasteiger partial charge in [-0.2, -0.15) is 0 Å². The molecule has 0 saturated carbocycles. The summed E-state index contributed by atoms with van der Waals surface area (Å²) in [4.78, 5) is 35.2. The number of piperidine rings is 1. The number of nitrogens with one attached hydrogen (secondary N) is 3. The van der Waals surface area contributed by atoms with E-state index in [0.29, 0.717) is 34.6 Å². The Hall–Kier alpha value is -5.31. The second-order valence-electron chi connectivity index (χ2n) is 16.7. The average molecular weight is 822 g/mol. The predicted octanol–water partition coefficient (Wildman–Crippen LogP) is 9.28. The van der Waals surface area contributed by atoms with Crippen LogP contribution in [0, 0.1) is 0 Å². The molecule has 298 valence electrons. The van der Waals surface area contributed by atoms with Crippen LogP contribution < -0.4 is 14.8 Å². The molecule has 8 heterocycles. The molecule has 11 nitrogen and oxygen atoms in total. The molecule has 1 amide bonds. The number of morpholine rings is 1. The summed E-state index contributed by atoms with van der Waals surface area (Å²) in [5.41, 5.74) is 7.41. The predicted molar refractivity (Wildman–Crippen MR) is 232 cm³/mol. The maximum Gasteiger partial charge on any atom is 0.279 e. The van der Waals surface area contributed by atoms with Crippen LogP contribution in [0.3, 0.4) is 0 Å². The number of benzene rings is 4. The van der Waals surface area contributed by atoms with E-state index >= 15 is 0 Å². The number of hydrogen-bond donors (Lipinski definition) is 3. The van der Waals surface area contributed by atoms with Gasteiger partial charge in [0.05, 0.1) is 39.6 Å². The molecular formula is C46H43N7O4S2. The van der Waals surface area contributed by atoms with E-state index in [1.807, 2.05) is 42.5 Å². The van der Waals surface area contributed by atoms with E-state index in [4.69, 9.17) is 19.2 Å². The van der Waals surface area contributed by atoms with Crippen LogP contribution in [0.1, 0.15) is 48.8 Å². The normalized spacial score (nSPS) is 23.0. The minimum absolute atomic E-state index is 0.0496. The molecular weight excluding hydrogens is 779 g/mol. The van der Waals surface area contributed by atoms with E-state index in [-0.39, 0.29) is 18.4 Å². The first-order chi connectivity index (χ1) is 29.0. The van der Waals surface area contributed by atoms with Crippen molar-refractivity contribution in [1.82, 2.24) is 35.1 Å². The molecule has 12 rings (SSSR count). The molecule has 4 saturated heterocycles. The van der Waals surface area contributed by atoms with E-state index in [9.17, 15) is 4.79 Å². The third-order valence-electron chi connectivity index (χ3n) is 13.0. The number of carbonyl (C=O) groups is 1. The van der Waals surface area contributed by atoms with E-state index in [0.717, 1.165) is 107 Å². The Morgan fingerprint density at radius 3 is 2.17 bits per heavy atom. The van der Waals surface area contributed by atoms with Gasteiger partial charge in [-0.3, -0.25) is 14.6 Å². The Morgan fingerprint density at radius 2 is 1.46 bits per heavy atom. The second kappa shape index (κ2) is 14.5. The highest BCUT2D eigenvalue weighted by Gasteiger charge is 2.41. The zero-order chi connectivity index (χ0) is 39.0. The zero-order valence-corrected chi connectivity index (χ0v) is 34.0. The highest BCUT2D eigenvalue weighted by atomic mass is 32.1. The van der Waals surface area contributed by atoms with Gasteiger partial charge in [-0.1, -0.05) is 46.9 Å². The molecule has 4 bridgehead atoms. The van der Waals surface area contributed by atoms with Crippen LogP contribution in [-0.4, -0.2) is 79.1 Å². The van der Waals surface area contributed by atoms with E-state index in [1.54, 1.807) is 11.3 Å². The molecule has 4 aromatic carbocycles. The largest absolute Gasteiger partial charge is 0.431 e. The molecule has 13 heteroatoms. The van der Waals surface area contributed by atoms with Crippen LogP contribution in [0.25, 0.3) is 42.2 Å². The summed E-state index contributed by atoms with van der Waals surface area (Å²) in [6, 6.07) is 28.2. The number of carbonyl (C=O) groups excluding carboxylic acids is 1. The number of likely N-dealkylation sites (tertiary alicyclic amines) is 1. The van der Waals surface area contributed by atoms with E-state index in [2.05, 4.69) is 78.9 Å². The Morgan fingerprint density at radius 1 is 0.763 bits per heavy atom. The average Bonchev–Trinajstić information content (AvgIpc) is 4.11. The Balaban J connectivity index is 0.670. The maximum atomic E-state index is 13.6. The van der Waals surface area contributed by atoms with Gasteiger partial charge in [0.25, 0.3) is 10.4 Å². The summed E-state index contributed by atoms with van der Waals surface area (Å²) in [6.07, 6.45) is 10.3. The van der Waals surface area contributed by atoms with Crippen LogP contribution in [0.15, 0.2) is 91.3 Å². The molecule has 4 aliphatic rings. The molecule has 1 unspecified atom stereocenters. The van der Waals surface area contributed by atoms with Crippen LogP contribution in [0.2, 0.25) is 0 Å². The van der Waals surface area contributed by atoms with Gasteiger partial charge in [-0.05, 0) is 91.3 Å². The molecule has 5 atom stereocenters. The van der Waals surface area contributed by atoms with Crippen molar-refractivity contribution in [3.63, 3.8) is 0 Å². The third-order valence-corrected chi connectivity index (χ3v) is 14.8. The first-order valence-electron chi connectivity index (χ1n) is 20.7. The number of rotatable bonds is 11. The summed E-state index contributed by atoms with van der Waals surface area (Å²) in [6.45, 7) is 3.68. The van der Waals surface area contributed by atoms with Crippen molar-refractivity contribution in [2.75, 3.05) is 13.2 Å². The summed E-state index contributed by atoms with van der Waals surface area (Å²) >= 11 is 3.07. The minimum Gasteiger partial charge on any atom is -0.431 e. The summed E-state index contributed by atoms with van der Waals surface area (Å²) in [5, 5.41) is 7.07. The number of nitrogens with zero attached hydrogens (tertiary/aromatic N) is 4. The molecule has 8 aromatic rings. The number of hydrogen-bond acceptors (Lipinski definition) is 10. The number of aromatic amines is 2. The smallest absolute Gasteiger partial charge is 0.279 e. The molecule has 4 aliphatic heterocycles. The highest BCUT2D eigenvalue weighted by molar-refractivity contribution is 7.20. The van der Waals surface area contributed by atoms with Gasteiger partial charge in [0, 0.05) is 90.1 Å². The van der Waals surface area contributed by atoms with Crippen molar-refractivity contribution in [2.45, 2.75) is 81.9 Å². The van der Waals surface area contributed by atoms with Gasteiger partial charge in [0.1, 0.15) is 11.5 Å². The van der Waals surface area contributed by atoms with Gasteiger partial charge >= 0.3 is 0 Å². The van der Waals surface area contributed by atoms with Gasteiger partial charge in [-0.15, -0.1) is 0 Å². The van der Waals surface area contributed by atoms with E-state index < -0.39 is 0 Å². The lowest BCUT2D eigenvalue weighted by molar-refractivity contribution is -0.121. The number of thiazole rings is 2. The first kappa shape index (κ1) is 35.6. The molecule has 0 aliphatic carbocycles. The Kier molecular flexibility index (Phi) is 8.73. The number of ether oxygens (including phenoxy) is 3. The standard InChI is InChI=1S/C46H43N7O4S2/c54-43(14-26-4-3-7-42-44(26)51-46(59-42)57-34-10-12-36-27(20-47-39(36)19-34)22-52-24-35-17-32(52)25-55-35)49-29-15-30-8-9-31(16-29)53(30)23-28-21-48-40-18-33(11-13-37(28)40)56-45-50-38-5-1-2-6-41(38)58-45/h1-7,10-13,18-21,29-32,35,47-48H,8-9,14-17,22-25H2,(H,49,54)/t29?,30-,31+,32-,35-/m0/s1. The quantitative estimate of drug-likeness (QED) is 0.118. The monoisotopic (exact) mass is 821 g/mol. The molecule has 4 fully saturated rings. The Bertz CT molecular complexity index is 2830. The number of aromatic nitrogens is 4. The first-order valence-corrected chi connectivity index (χ1v) is 22.3. The SMILES string of the molecule is O=C(Cc1cccc2sc(Oc3ccc4c(CN5C[C@@H]6C[C@H]5CO6)c[nH]c4c3)nc12)NC1C[C@H]2CC[C@@H](C1)N2Cc1c[nH]c2cc(Oc3nc4ccccc4s3)ccc12. The van der Waals surface area contributed by atoms with Crippen LogP contribution in [0.5, 0.6) is 21.9 Å². The molecule has 0 spiro atoms. The lowest BCUT2D eigenvalue weighted by Gasteiger charge is -2.39. The van der Waals surface area contributed by atoms with Crippen molar-refractivity contribution in [1.29, 1.82) is 0 Å². The third kappa shape index (κ3) is 6.74. The van der Waals surface area contributed by atoms with Gasteiger partial charge in [0.15, 0.2) is 0 Å². The molecule has 59 heavy (non-hydrogen) atoms. The van der Waals surface area contributed by atoms with Gasteiger partial charge in [-0.25, -0.2) is 9.97 Å². The number of para-hydroxylation sites is 2. The van der Waals surface area contributed by atoms with Crippen molar-refractivity contribution in [2.24, 2.45) is 0 Å². The summed E-state index contributed by atoms with van der Waals surface area (Å²) in [5.74, 6) is 1.56. The van der Waals surface area contributed by atoms with Crippen LogP contribution in [0.4, 0.5) is 0 Å². The highest BCUT2D eigenvalue weighted by Crippen LogP contribution is 2.40. The van der Waals surface area contributed by atoms with E-state index in [1.165, 1.54) is 33.2 Å². The fourth-order valence-electron chi connectivity index (χ4n) is 10.2. The van der Waals surface area contributed by atoms with Gasteiger partial charge in [0.2, 0.25) is 5.91 Å². The zero-order valence-electron chi connectivity index (χ0n) is 32.4. The molecule has 3 N–H and O–H groups in total. The van der Waals surface area contributed by atoms with Crippen molar-refractivity contribution in [3.8, 4) is 21.9 Å². The summed E-state index contributed by atoms with van der Waals surface area (Å²) < 4.78 is 20.4. The van der Waals surface area contributed by atoms with Crippen LogP contribution in [-0.2, 0) is 29.0 Å². The Labute approximate surface area is 348 Å². The fourth-order valence-corrected chi connectivity index (χ4v) is 11.9. The molecule has 4 aromatic heterocycles.